The van der Waals surface area contributed by atoms with Crippen molar-refractivity contribution in [3.63, 3.8) is 0 Å². The number of halogens is 1. The Morgan fingerprint density at radius 2 is 2.25 bits per heavy atom. The lowest BCUT2D eigenvalue weighted by atomic mass is 9.85. The van der Waals surface area contributed by atoms with Crippen LogP contribution >= 0.6 is 11.6 Å². The maximum absolute atomic E-state index is 12.1. The lowest BCUT2D eigenvalue weighted by Gasteiger charge is -2.31. The monoisotopic (exact) mass is 295 g/mol. The first-order chi connectivity index (χ1) is 9.58. The third kappa shape index (κ3) is 4.12. The molecule has 20 heavy (non-hydrogen) atoms. The quantitative estimate of drug-likeness (QED) is 0.793. The van der Waals surface area contributed by atoms with Gasteiger partial charge in [0.15, 0.2) is 0 Å². The second-order valence-corrected chi connectivity index (χ2v) is 5.82. The average molecular weight is 296 g/mol. The second-order valence-electron chi connectivity index (χ2n) is 5.41. The third-order valence-corrected chi connectivity index (χ3v) is 4.15. The van der Waals surface area contributed by atoms with Crippen LogP contribution in [-0.2, 0) is 4.79 Å². The highest BCUT2D eigenvalue weighted by molar-refractivity contribution is 6.33. The number of amides is 1. The van der Waals surface area contributed by atoms with Crippen molar-refractivity contribution in [1.29, 1.82) is 0 Å². The first-order valence-electron chi connectivity index (χ1n) is 7.15. The van der Waals surface area contributed by atoms with Gasteiger partial charge in [-0.1, -0.05) is 24.9 Å². The topological polar surface area (TPSA) is 58.4 Å². The SMILES string of the molecule is CCN(CC(=O)Nc1cc(N)ccc1Cl)CC1CCC1. The number of likely N-dealkylation sites (N-methyl/N-ethyl adjacent to an activating group) is 1. The molecule has 1 aliphatic rings. The maximum atomic E-state index is 12.1. The molecule has 2 rings (SSSR count). The number of hydrogen-bond donors (Lipinski definition) is 2. The van der Waals surface area contributed by atoms with Gasteiger partial charge < -0.3 is 11.1 Å². The van der Waals surface area contributed by atoms with E-state index in [0.717, 1.165) is 19.0 Å². The summed E-state index contributed by atoms with van der Waals surface area (Å²) in [6.45, 7) is 4.38. The summed E-state index contributed by atoms with van der Waals surface area (Å²) in [5, 5.41) is 3.34. The highest BCUT2D eigenvalue weighted by Gasteiger charge is 2.21. The Morgan fingerprint density at radius 1 is 1.50 bits per heavy atom. The molecule has 0 heterocycles. The number of carbonyl (C=O) groups is 1. The normalized spacial score (nSPS) is 15.2. The summed E-state index contributed by atoms with van der Waals surface area (Å²) in [6, 6.07) is 5.09. The third-order valence-electron chi connectivity index (χ3n) is 3.82. The highest BCUT2D eigenvalue weighted by Crippen LogP contribution is 2.27. The number of nitrogen functional groups attached to an aromatic ring is 1. The molecule has 0 atom stereocenters. The van der Waals surface area contributed by atoms with Gasteiger partial charge in [-0.3, -0.25) is 9.69 Å². The minimum Gasteiger partial charge on any atom is -0.399 e. The summed E-state index contributed by atoms with van der Waals surface area (Å²) in [6.07, 6.45) is 3.91. The molecule has 0 unspecified atom stereocenters. The Hall–Kier alpha value is -1.26. The van der Waals surface area contributed by atoms with Crippen LogP contribution in [0.25, 0.3) is 0 Å². The summed E-state index contributed by atoms with van der Waals surface area (Å²) in [7, 11) is 0. The zero-order valence-electron chi connectivity index (χ0n) is 11.9. The summed E-state index contributed by atoms with van der Waals surface area (Å²) in [5.74, 6) is 0.720. The molecule has 0 aliphatic heterocycles. The molecule has 0 aromatic heterocycles. The molecular weight excluding hydrogens is 274 g/mol. The van der Waals surface area contributed by atoms with Crippen molar-refractivity contribution in [3.8, 4) is 0 Å². The fraction of sp³-hybridized carbons (Fsp3) is 0.533. The van der Waals surface area contributed by atoms with Crippen LogP contribution in [0, 0.1) is 5.92 Å². The van der Waals surface area contributed by atoms with Crippen molar-refractivity contribution in [2.75, 3.05) is 30.7 Å². The molecule has 5 heteroatoms. The Bertz CT molecular complexity index is 474. The van der Waals surface area contributed by atoms with E-state index in [0.29, 0.717) is 22.9 Å². The van der Waals surface area contributed by atoms with E-state index in [2.05, 4.69) is 17.1 Å². The number of hydrogen-bond acceptors (Lipinski definition) is 3. The Balaban J connectivity index is 1.88. The Labute approximate surface area is 125 Å². The van der Waals surface area contributed by atoms with Gasteiger partial charge in [-0.25, -0.2) is 0 Å². The number of carbonyl (C=O) groups excluding carboxylic acids is 1. The molecule has 3 N–H and O–H groups in total. The maximum Gasteiger partial charge on any atom is 0.238 e. The van der Waals surface area contributed by atoms with Crippen LogP contribution in [0.15, 0.2) is 18.2 Å². The van der Waals surface area contributed by atoms with Crippen LogP contribution < -0.4 is 11.1 Å². The lowest BCUT2D eigenvalue weighted by molar-refractivity contribution is -0.117. The van der Waals surface area contributed by atoms with E-state index in [-0.39, 0.29) is 5.91 Å². The summed E-state index contributed by atoms with van der Waals surface area (Å²) in [5.41, 5.74) is 6.87. The van der Waals surface area contributed by atoms with Gasteiger partial charge in [0, 0.05) is 12.2 Å². The van der Waals surface area contributed by atoms with Crippen LogP contribution in [0.2, 0.25) is 5.02 Å². The number of rotatable bonds is 6. The average Bonchev–Trinajstić information content (AvgIpc) is 2.36. The zero-order chi connectivity index (χ0) is 14.5. The van der Waals surface area contributed by atoms with Crippen molar-refractivity contribution in [2.24, 2.45) is 5.92 Å². The van der Waals surface area contributed by atoms with E-state index < -0.39 is 0 Å². The molecule has 1 amide bonds. The zero-order valence-corrected chi connectivity index (χ0v) is 12.6. The first kappa shape index (κ1) is 15.1. The largest absolute Gasteiger partial charge is 0.399 e. The van der Waals surface area contributed by atoms with Gasteiger partial charge in [-0.15, -0.1) is 0 Å². The van der Waals surface area contributed by atoms with E-state index in [1.165, 1.54) is 19.3 Å². The van der Waals surface area contributed by atoms with Gasteiger partial charge in [-0.2, -0.15) is 0 Å². The van der Waals surface area contributed by atoms with Crippen molar-refractivity contribution in [2.45, 2.75) is 26.2 Å². The molecule has 1 saturated carbocycles. The Morgan fingerprint density at radius 3 is 2.85 bits per heavy atom. The van der Waals surface area contributed by atoms with Crippen molar-refractivity contribution in [3.05, 3.63) is 23.2 Å². The standard InChI is InChI=1S/C15H22ClN3O/c1-2-19(9-11-4-3-5-11)10-15(20)18-14-8-12(17)6-7-13(14)16/h6-8,11H,2-5,9-10,17H2,1H3,(H,18,20). The highest BCUT2D eigenvalue weighted by atomic mass is 35.5. The molecule has 0 radical (unpaired) electrons. The molecule has 0 spiro atoms. The van der Waals surface area contributed by atoms with Gasteiger partial charge >= 0.3 is 0 Å². The van der Waals surface area contributed by atoms with Gasteiger partial charge in [-0.05, 0) is 43.5 Å². The van der Waals surface area contributed by atoms with Crippen molar-refractivity contribution in [1.82, 2.24) is 4.90 Å². The molecule has 1 aromatic carbocycles. The fourth-order valence-corrected chi connectivity index (χ4v) is 2.54. The van der Waals surface area contributed by atoms with E-state index in [4.69, 9.17) is 17.3 Å². The predicted octanol–water partition coefficient (Wildman–Crippen LogP) is 2.98. The number of nitrogens with one attached hydrogen (secondary N) is 1. The molecule has 0 bridgehead atoms. The fourth-order valence-electron chi connectivity index (χ4n) is 2.38. The minimum absolute atomic E-state index is 0.0429. The first-order valence-corrected chi connectivity index (χ1v) is 7.53. The van der Waals surface area contributed by atoms with Gasteiger partial charge in [0.2, 0.25) is 5.91 Å². The van der Waals surface area contributed by atoms with E-state index in [9.17, 15) is 4.79 Å². The Kier molecular flexibility index (Phi) is 5.26. The van der Waals surface area contributed by atoms with E-state index >= 15 is 0 Å². The predicted molar refractivity (Wildman–Crippen MR) is 83.9 cm³/mol. The number of benzene rings is 1. The summed E-state index contributed by atoms with van der Waals surface area (Å²) >= 11 is 6.04. The minimum atomic E-state index is -0.0429. The van der Waals surface area contributed by atoms with Crippen molar-refractivity contribution < 1.29 is 4.79 Å². The van der Waals surface area contributed by atoms with Crippen LogP contribution in [0.5, 0.6) is 0 Å². The van der Waals surface area contributed by atoms with Crippen LogP contribution in [0.3, 0.4) is 0 Å². The van der Waals surface area contributed by atoms with Gasteiger partial charge in [0.1, 0.15) is 0 Å². The smallest absolute Gasteiger partial charge is 0.238 e. The molecule has 1 fully saturated rings. The van der Waals surface area contributed by atoms with Gasteiger partial charge in [0.05, 0.1) is 17.3 Å². The molecule has 110 valence electrons. The molecule has 4 nitrogen and oxygen atoms in total. The number of anilines is 2. The van der Waals surface area contributed by atoms with Crippen LogP contribution in [0.1, 0.15) is 26.2 Å². The molecule has 0 saturated heterocycles. The summed E-state index contributed by atoms with van der Waals surface area (Å²) in [4.78, 5) is 14.3. The second kappa shape index (κ2) is 6.95. The van der Waals surface area contributed by atoms with Crippen LogP contribution in [-0.4, -0.2) is 30.4 Å². The molecule has 1 aliphatic carbocycles. The molecule has 1 aromatic rings. The number of nitrogens with two attached hydrogens (primary N) is 1. The lowest BCUT2D eigenvalue weighted by Crippen LogP contribution is -2.38. The van der Waals surface area contributed by atoms with E-state index in [1.54, 1.807) is 18.2 Å². The van der Waals surface area contributed by atoms with Crippen LogP contribution in [0.4, 0.5) is 11.4 Å². The van der Waals surface area contributed by atoms with Crippen molar-refractivity contribution >= 4 is 28.9 Å². The van der Waals surface area contributed by atoms with Gasteiger partial charge in [0.25, 0.3) is 0 Å². The van der Waals surface area contributed by atoms with E-state index in [1.807, 2.05) is 0 Å². The molecular formula is C15H22ClN3O. The number of nitrogens with zero attached hydrogens (tertiary/aromatic N) is 1. The summed E-state index contributed by atoms with van der Waals surface area (Å²) < 4.78 is 0.